The molecule has 0 bridgehead atoms. The summed E-state index contributed by atoms with van der Waals surface area (Å²) in [6.45, 7) is 2.87. The average molecular weight is 420 g/mol. The van der Waals surface area contributed by atoms with E-state index in [2.05, 4.69) is 73.5 Å². The first kappa shape index (κ1) is 22.3. The first-order chi connectivity index (χ1) is 14.1. The highest BCUT2D eigenvalue weighted by molar-refractivity contribution is 5.85. The molecule has 0 aromatic heterocycles. The second-order valence-electron chi connectivity index (χ2n) is 7.97. The molecule has 156 valence electrons. The quantitative estimate of drug-likeness (QED) is 0.574. The van der Waals surface area contributed by atoms with Gasteiger partial charge in [-0.25, -0.2) is 0 Å². The van der Waals surface area contributed by atoms with Gasteiger partial charge in [-0.2, -0.15) is 0 Å². The van der Waals surface area contributed by atoms with Crippen molar-refractivity contribution in [3.8, 4) is 0 Å². The van der Waals surface area contributed by atoms with E-state index in [-0.39, 0.29) is 18.4 Å². The van der Waals surface area contributed by atoms with Crippen LogP contribution in [0.25, 0.3) is 5.57 Å². The van der Waals surface area contributed by atoms with Crippen molar-refractivity contribution in [1.82, 2.24) is 4.90 Å². The Morgan fingerprint density at radius 1 is 0.833 bits per heavy atom. The topological polar surface area (TPSA) is 23.5 Å². The summed E-state index contributed by atoms with van der Waals surface area (Å²) in [6.07, 6.45) is 3.97. The highest BCUT2D eigenvalue weighted by atomic mass is 35.5. The number of aryl methyl sites for hydroxylation is 2. The Hall–Kier alpha value is -2.39. The summed E-state index contributed by atoms with van der Waals surface area (Å²) in [5.41, 5.74) is 7.76. The molecular formula is C27H30ClNO. The van der Waals surface area contributed by atoms with Crippen LogP contribution in [0.3, 0.4) is 0 Å². The second-order valence-corrected chi connectivity index (χ2v) is 7.97. The molecule has 1 aliphatic rings. The predicted octanol–water partition coefficient (Wildman–Crippen LogP) is 5.69. The third kappa shape index (κ3) is 4.67. The van der Waals surface area contributed by atoms with Crippen LogP contribution in [0.5, 0.6) is 0 Å². The highest BCUT2D eigenvalue weighted by Crippen LogP contribution is 2.33. The van der Waals surface area contributed by atoms with Gasteiger partial charge in [-0.3, -0.25) is 4.90 Å². The highest BCUT2D eigenvalue weighted by Gasteiger charge is 2.21. The maximum Gasteiger partial charge on any atom is 0.0942 e. The van der Waals surface area contributed by atoms with Crippen LogP contribution in [-0.2, 0) is 12.8 Å². The van der Waals surface area contributed by atoms with Gasteiger partial charge in [0.15, 0.2) is 0 Å². The van der Waals surface area contributed by atoms with Gasteiger partial charge in [0.05, 0.1) is 6.10 Å². The summed E-state index contributed by atoms with van der Waals surface area (Å²) in [7, 11) is 2.09. The van der Waals surface area contributed by atoms with Gasteiger partial charge >= 0.3 is 0 Å². The minimum Gasteiger partial charge on any atom is -0.387 e. The Balaban J connectivity index is 0.00000256. The maximum atomic E-state index is 10.8. The first-order valence-electron chi connectivity index (χ1n) is 10.4. The van der Waals surface area contributed by atoms with Crippen LogP contribution >= 0.6 is 12.4 Å². The van der Waals surface area contributed by atoms with Crippen LogP contribution in [0.2, 0.25) is 0 Å². The fourth-order valence-corrected chi connectivity index (χ4v) is 4.21. The molecule has 3 aromatic rings. The molecule has 0 radical (unpaired) electrons. The molecular weight excluding hydrogens is 390 g/mol. The number of hydrogen-bond acceptors (Lipinski definition) is 2. The number of halogens is 1. The molecule has 4 rings (SSSR count). The third-order valence-electron chi connectivity index (χ3n) is 6.16. The van der Waals surface area contributed by atoms with Crippen molar-refractivity contribution >= 4 is 18.0 Å². The molecule has 0 fully saturated rings. The predicted molar refractivity (Wildman–Crippen MR) is 128 cm³/mol. The Morgan fingerprint density at radius 2 is 1.33 bits per heavy atom. The lowest BCUT2D eigenvalue weighted by Crippen LogP contribution is -2.34. The maximum absolute atomic E-state index is 10.8. The van der Waals surface area contributed by atoms with Gasteiger partial charge in [0.2, 0.25) is 0 Å². The van der Waals surface area contributed by atoms with Crippen LogP contribution in [0.1, 0.15) is 40.8 Å². The number of fused-ring (bicyclic) bond motifs is 2. The Morgan fingerprint density at radius 3 is 1.90 bits per heavy atom. The molecule has 0 amide bonds. The lowest BCUT2D eigenvalue weighted by atomic mass is 9.93. The van der Waals surface area contributed by atoms with Crippen molar-refractivity contribution in [2.45, 2.75) is 31.9 Å². The van der Waals surface area contributed by atoms with Crippen LogP contribution in [0, 0.1) is 0 Å². The smallest absolute Gasteiger partial charge is 0.0942 e. The third-order valence-corrected chi connectivity index (χ3v) is 6.16. The molecule has 0 aliphatic heterocycles. The number of aliphatic hydroxyl groups excluding tert-OH is 1. The Bertz CT molecular complexity index is 949. The number of aliphatic hydroxyl groups is 1. The van der Waals surface area contributed by atoms with Crippen LogP contribution in [0.15, 0.2) is 84.9 Å². The van der Waals surface area contributed by atoms with Gasteiger partial charge in [-0.05, 0) is 60.2 Å². The SMILES string of the molecule is C[C@@H]([C@H](O)c1ccccc1)N(C)CC=C1c2ccccc2CCc2ccccc21.Cl. The minimum absolute atomic E-state index is 0. The number of nitrogens with zero attached hydrogens (tertiary/aromatic N) is 1. The van der Waals surface area contributed by atoms with E-state index in [9.17, 15) is 5.11 Å². The summed E-state index contributed by atoms with van der Waals surface area (Å²) in [5.74, 6) is 0. The largest absolute Gasteiger partial charge is 0.387 e. The fraction of sp³-hybridized carbons (Fsp3) is 0.259. The molecule has 3 aromatic carbocycles. The van der Waals surface area contributed by atoms with Gasteiger partial charge in [0.1, 0.15) is 0 Å². The van der Waals surface area contributed by atoms with Crippen molar-refractivity contribution in [3.63, 3.8) is 0 Å². The number of hydrogen-bond donors (Lipinski definition) is 1. The Labute approximate surface area is 186 Å². The van der Waals surface area contributed by atoms with Crippen LogP contribution in [0.4, 0.5) is 0 Å². The molecule has 2 nitrogen and oxygen atoms in total. The van der Waals surface area contributed by atoms with E-state index in [0.717, 1.165) is 24.9 Å². The molecule has 1 aliphatic carbocycles. The van der Waals surface area contributed by atoms with Crippen molar-refractivity contribution in [3.05, 3.63) is 113 Å². The number of benzene rings is 3. The zero-order chi connectivity index (χ0) is 20.2. The average Bonchev–Trinajstić information content (AvgIpc) is 2.94. The molecule has 1 N–H and O–H groups in total. The fourth-order valence-electron chi connectivity index (χ4n) is 4.21. The van der Waals surface area contributed by atoms with Crippen LogP contribution in [-0.4, -0.2) is 29.6 Å². The normalized spacial score (nSPS) is 14.7. The van der Waals surface area contributed by atoms with E-state index in [0.29, 0.717) is 0 Å². The van der Waals surface area contributed by atoms with E-state index in [1.807, 2.05) is 30.3 Å². The first-order valence-corrected chi connectivity index (χ1v) is 10.4. The van der Waals surface area contributed by atoms with Crippen molar-refractivity contribution in [1.29, 1.82) is 0 Å². The van der Waals surface area contributed by atoms with Crippen LogP contribution < -0.4 is 0 Å². The molecule has 0 spiro atoms. The summed E-state index contributed by atoms with van der Waals surface area (Å²) in [6, 6.07) is 27.5. The van der Waals surface area contributed by atoms with Crippen molar-refractivity contribution in [2.75, 3.05) is 13.6 Å². The molecule has 0 saturated heterocycles. The molecule has 3 heteroatoms. The lowest BCUT2D eigenvalue weighted by molar-refractivity contribution is 0.0787. The van der Waals surface area contributed by atoms with Gasteiger partial charge in [-0.1, -0.05) is 84.9 Å². The van der Waals surface area contributed by atoms with E-state index >= 15 is 0 Å². The summed E-state index contributed by atoms with van der Waals surface area (Å²) >= 11 is 0. The molecule has 2 atom stereocenters. The molecule has 0 unspecified atom stereocenters. The minimum atomic E-state index is -0.506. The second kappa shape index (κ2) is 10.1. The molecule has 30 heavy (non-hydrogen) atoms. The number of rotatable bonds is 5. The van der Waals surface area contributed by atoms with Gasteiger partial charge < -0.3 is 5.11 Å². The van der Waals surface area contributed by atoms with E-state index in [4.69, 9.17) is 0 Å². The van der Waals surface area contributed by atoms with Gasteiger partial charge in [0.25, 0.3) is 0 Å². The summed E-state index contributed by atoms with van der Waals surface area (Å²) in [5, 5.41) is 10.8. The molecule has 0 heterocycles. The van der Waals surface area contributed by atoms with Crippen molar-refractivity contribution in [2.24, 2.45) is 0 Å². The monoisotopic (exact) mass is 419 g/mol. The molecule has 0 saturated carbocycles. The van der Waals surface area contributed by atoms with Gasteiger partial charge in [-0.15, -0.1) is 12.4 Å². The zero-order valence-corrected chi connectivity index (χ0v) is 18.5. The standard InChI is InChI=1S/C27H29NO.ClH/c1-20(27(29)23-12-4-3-5-13-23)28(2)19-18-26-24-14-8-6-10-21(24)16-17-22-11-7-9-15-25(22)26;/h3-15,18,20,27,29H,16-17,19H2,1-2H3;1H/t20-,27-;/m0./s1. The lowest BCUT2D eigenvalue weighted by Gasteiger charge is -2.28. The van der Waals surface area contributed by atoms with E-state index in [1.54, 1.807) is 0 Å². The number of likely N-dealkylation sites (N-methyl/N-ethyl adjacent to an activating group) is 1. The van der Waals surface area contributed by atoms with Gasteiger partial charge in [0, 0.05) is 12.6 Å². The summed E-state index contributed by atoms with van der Waals surface area (Å²) < 4.78 is 0. The Kier molecular flexibility index (Phi) is 7.49. The van der Waals surface area contributed by atoms with E-state index < -0.39 is 6.10 Å². The van der Waals surface area contributed by atoms with E-state index in [1.165, 1.54) is 27.8 Å². The summed E-state index contributed by atoms with van der Waals surface area (Å²) in [4.78, 5) is 2.22. The zero-order valence-electron chi connectivity index (χ0n) is 17.7. The van der Waals surface area contributed by atoms with Crippen molar-refractivity contribution < 1.29 is 5.11 Å².